The van der Waals surface area contributed by atoms with Crippen molar-refractivity contribution >= 4 is 32.7 Å². The van der Waals surface area contributed by atoms with Crippen LogP contribution in [0, 0.1) is 0 Å². The van der Waals surface area contributed by atoms with Gasteiger partial charge in [-0.25, -0.2) is 0 Å². The van der Waals surface area contributed by atoms with Crippen LogP contribution in [0.3, 0.4) is 0 Å². The summed E-state index contributed by atoms with van der Waals surface area (Å²) in [6.45, 7) is 1.56. The number of methoxy groups -OCH3 is 2. The van der Waals surface area contributed by atoms with Gasteiger partial charge in [0.05, 0.1) is 29.9 Å². The highest BCUT2D eigenvalue weighted by molar-refractivity contribution is 9.10. The van der Waals surface area contributed by atoms with E-state index < -0.39 is 0 Å². The Balaban J connectivity index is 2.34. The maximum atomic E-state index is 12.2. The van der Waals surface area contributed by atoms with Crippen LogP contribution in [0.5, 0.6) is 11.5 Å². The zero-order chi connectivity index (χ0) is 16.6. The lowest BCUT2D eigenvalue weighted by Gasteiger charge is -2.14. The van der Waals surface area contributed by atoms with Crippen LogP contribution >= 0.6 is 15.9 Å². The molecule has 0 saturated heterocycles. The van der Waals surface area contributed by atoms with E-state index in [-0.39, 0.29) is 5.91 Å². The van der Waals surface area contributed by atoms with Crippen LogP contribution in [0.25, 0.3) is 22.2 Å². The van der Waals surface area contributed by atoms with Gasteiger partial charge in [-0.3, -0.25) is 9.36 Å². The third-order valence-corrected chi connectivity index (χ3v) is 4.40. The predicted octanol–water partition coefficient (Wildman–Crippen LogP) is 4.75. The SMILES string of the molecule is COc1cc(OC)c(-c2cc3ccccc3n2C(C)=O)cc1Br. The highest BCUT2D eigenvalue weighted by Crippen LogP contribution is 2.40. The maximum Gasteiger partial charge on any atom is 0.228 e. The number of fused-ring (bicyclic) bond motifs is 1. The van der Waals surface area contributed by atoms with Gasteiger partial charge in [0, 0.05) is 23.9 Å². The molecule has 0 spiro atoms. The smallest absolute Gasteiger partial charge is 0.228 e. The molecule has 0 aliphatic rings. The van der Waals surface area contributed by atoms with E-state index in [0.29, 0.717) is 11.5 Å². The predicted molar refractivity (Wildman–Crippen MR) is 94.5 cm³/mol. The molecule has 23 heavy (non-hydrogen) atoms. The van der Waals surface area contributed by atoms with Crippen molar-refractivity contribution in [1.29, 1.82) is 0 Å². The number of benzene rings is 2. The molecule has 0 N–H and O–H groups in total. The van der Waals surface area contributed by atoms with Crippen molar-refractivity contribution in [2.75, 3.05) is 14.2 Å². The van der Waals surface area contributed by atoms with Gasteiger partial charge in [0.1, 0.15) is 11.5 Å². The summed E-state index contributed by atoms with van der Waals surface area (Å²) in [6, 6.07) is 13.5. The maximum absolute atomic E-state index is 12.2. The molecule has 0 radical (unpaired) electrons. The molecular formula is C18H16BrNO3. The molecule has 0 unspecified atom stereocenters. The van der Waals surface area contributed by atoms with Crippen molar-refractivity contribution in [1.82, 2.24) is 4.57 Å². The summed E-state index contributed by atoms with van der Waals surface area (Å²) >= 11 is 3.50. The minimum Gasteiger partial charge on any atom is -0.496 e. The molecule has 3 rings (SSSR count). The summed E-state index contributed by atoms with van der Waals surface area (Å²) in [5, 5.41) is 1.01. The second kappa shape index (κ2) is 6.08. The second-order valence-electron chi connectivity index (χ2n) is 5.13. The van der Waals surface area contributed by atoms with Gasteiger partial charge in [-0.15, -0.1) is 0 Å². The Hall–Kier alpha value is -2.27. The Kier molecular flexibility index (Phi) is 4.13. The molecule has 0 aliphatic carbocycles. The quantitative estimate of drug-likeness (QED) is 0.665. The Bertz CT molecular complexity index is 899. The molecule has 0 bridgehead atoms. The average Bonchev–Trinajstić information content (AvgIpc) is 2.94. The first kappa shape index (κ1) is 15.6. The zero-order valence-corrected chi connectivity index (χ0v) is 14.7. The molecule has 1 aromatic heterocycles. The van der Waals surface area contributed by atoms with Crippen molar-refractivity contribution in [2.45, 2.75) is 6.92 Å². The fourth-order valence-electron chi connectivity index (χ4n) is 2.75. The number of ether oxygens (including phenoxy) is 2. The van der Waals surface area contributed by atoms with Gasteiger partial charge in [-0.1, -0.05) is 18.2 Å². The first-order valence-electron chi connectivity index (χ1n) is 7.10. The summed E-state index contributed by atoms with van der Waals surface area (Å²) in [5.41, 5.74) is 2.49. The fraction of sp³-hybridized carbons (Fsp3) is 0.167. The van der Waals surface area contributed by atoms with Crippen LogP contribution in [-0.2, 0) is 0 Å². The molecule has 118 valence electrons. The Morgan fingerprint density at radius 2 is 1.74 bits per heavy atom. The van der Waals surface area contributed by atoms with Crippen LogP contribution in [0.4, 0.5) is 0 Å². The van der Waals surface area contributed by atoms with Gasteiger partial charge >= 0.3 is 0 Å². The van der Waals surface area contributed by atoms with Crippen molar-refractivity contribution in [2.24, 2.45) is 0 Å². The van der Waals surface area contributed by atoms with Gasteiger partial charge < -0.3 is 9.47 Å². The number of para-hydroxylation sites is 1. The average molecular weight is 374 g/mol. The molecule has 3 aromatic rings. The molecule has 4 nitrogen and oxygen atoms in total. The number of rotatable bonds is 3. The lowest BCUT2D eigenvalue weighted by atomic mass is 10.1. The van der Waals surface area contributed by atoms with Crippen molar-refractivity contribution in [3.63, 3.8) is 0 Å². The van der Waals surface area contributed by atoms with Crippen LogP contribution in [0.1, 0.15) is 11.7 Å². The fourth-order valence-corrected chi connectivity index (χ4v) is 3.26. The van der Waals surface area contributed by atoms with Gasteiger partial charge in [0.2, 0.25) is 5.91 Å². The largest absolute Gasteiger partial charge is 0.496 e. The van der Waals surface area contributed by atoms with E-state index >= 15 is 0 Å². The second-order valence-corrected chi connectivity index (χ2v) is 5.98. The summed E-state index contributed by atoms with van der Waals surface area (Å²) < 4.78 is 13.3. The van der Waals surface area contributed by atoms with Crippen LogP contribution < -0.4 is 9.47 Å². The van der Waals surface area contributed by atoms with E-state index in [9.17, 15) is 4.79 Å². The first-order chi connectivity index (χ1) is 11.1. The van der Waals surface area contributed by atoms with E-state index in [1.54, 1.807) is 25.7 Å². The number of aromatic nitrogens is 1. The highest BCUT2D eigenvalue weighted by atomic mass is 79.9. The first-order valence-corrected chi connectivity index (χ1v) is 7.89. The number of halogens is 1. The van der Waals surface area contributed by atoms with Crippen LogP contribution in [0.15, 0.2) is 46.9 Å². The van der Waals surface area contributed by atoms with Gasteiger partial charge in [-0.2, -0.15) is 0 Å². The summed E-state index contributed by atoms with van der Waals surface area (Å²) in [5.74, 6) is 1.28. The minimum atomic E-state index is -0.0461. The van der Waals surface area contributed by atoms with E-state index in [2.05, 4.69) is 15.9 Å². The third-order valence-electron chi connectivity index (χ3n) is 3.78. The lowest BCUT2D eigenvalue weighted by Crippen LogP contribution is -2.07. The van der Waals surface area contributed by atoms with Gasteiger partial charge in [0.15, 0.2) is 0 Å². The van der Waals surface area contributed by atoms with Crippen molar-refractivity contribution in [3.8, 4) is 22.8 Å². The number of nitrogens with zero attached hydrogens (tertiary/aromatic N) is 1. The molecule has 1 heterocycles. The molecule has 0 fully saturated rings. The normalized spacial score (nSPS) is 10.8. The number of hydrogen-bond donors (Lipinski definition) is 0. The zero-order valence-electron chi connectivity index (χ0n) is 13.1. The summed E-state index contributed by atoms with van der Waals surface area (Å²) in [6.07, 6.45) is 0. The molecule has 0 saturated carbocycles. The molecule has 0 atom stereocenters. The van der Waals surface area contributed by atoms with E-state index in [0.717, 1.165) is 26.6 Å². The molecule has 5 heteroatoms. The lowest BCUT2D eigenvalue weighted by molar-refractivity contribution is 0.0943. The van der Waals surface area contributed by atoms with Crippen molar-refractivity contribution < 1.29 is 14.3 Å². The molecule has 2 aromatic carbocycles. The third kappa shape index (κ3) is 2.61. The van der Waals surface area contributed by atoms with E-state index in [4.69, 9.17) is 9.47 Å². The van der Waals surface area contributed by atoms with Crippen molar-refractivity contribution in [3.05, 3.63) is 46.9 Å². The standard InChI is InChI=1S/C18H16BrNO3/c1-11(21)20-15-7-5-4-6-12(15)8-16(20)13-9-14(19)18(23-3)10-17(13)22-2/h4-10H,1-3H3. The summed E-state index contributed by atoms with van der Waals surface area (Å²) in [7, 11) is 3.21. The Morgan fingerprint density at radius 3 is 2.39 bits per heavy atom. The number of carbonyl (C=O) groups excluding carboxylic acids is 1. The van der Waals surface area contributed by atoms with Gasteiger partial charge in [0.25, 0.3) is 0 Å². The molecule has 0 amide bonds. The van der Waals surface area contributed by atoms with Crippen LogP contribution in [0.2, 0.25) is 0 Å². The molecule has 0 aliphatic heterocycles. The Labute approximate surface area is 142 Å². The monoisotopic (exact) mass is 373 g/mol. The highest BCUT2D eigenvalue weighted by Gasteiger charge is 2.18. The number of carbonyl (C=O) groups is 1. The Morgan fingerprint density at radius 1 is 1.04 bits per heavy atom. The van der Waals surface area contributed by atoms with Gasteiger partial charge in [-0.05, 0) is 34.1 Å². The molecular weight excluding hydrogens is 358 g/mol. The topological polar surface area (TPSA) is 40.5 Å². The number of hydrogen-bond acceptors (Lipinski definition) is 3. The van der Waals surface area contributed by atoms with Crippen LogP contribution in [-0.4, -0.2) is 24.7 Å². The van der Waals surface area contributed by atoms with E-state index in [1.807, 2.05) is 42.5 Å². The van der Waals surface area contributed by atoms with E-state index in [1.165, 1.54) is 0 Å². The summed E-state index contributed by atoms with van der Waals surface area (Å²) in [4.78, 5) is 12.2. The minimum absolute atomic E-state index is 0.0461.